The highest BCUT2D eigenvalue weighted by molar-refractivity contribution is 7.16. The van der Waals surface area contributed by atoms with Crippen molar-refractivity contribution in [3.05, 3.63) is 29.5 Å². The van der Waals surface area contributed by atoms with Gasteiger partial charge in [-0.25, -0.2) is 0 Å². The van der Waals surface area contributed by atoms with Crippen LogP contribution >= 0.6 is 11.3 Å². The minimum absolute atomic E-state index is 0.741. The average Bonchev–Trinajstić information content (AvgIpc) is 2.96. The standard InChI is InChI=1S/C11H12N6S/c1-12-6-4-9-16-17-10(14-15-11(17)18-9)8-3-2-5-13-7-8/h2-3,5,7,12H,4,6H2,1H3. The third-order valence-corrected chi connectivity index (χ3v) is 3.50. The highest BCUT2D eigenvalue weighted by Gasteiger charge is 2.12. The van der Waals surface area contributed by atoms with Crippen LogP contribution < -0.4 is 5.32 Å². The van der Waals surface area contributed by atoms with Crippen LogP contribution in [-0.2, 0) is 6.42 Å². The predicted molar refractivity (Wildman–Crippen MR) is 69.5 cm³/mol. The van der Waals surface area contributed by atoms with E-state index in [1.807, 2.05) is 19.2 Å². The molecule has 18 heavy (non-hydrogen) atoms. The van der Waals surface area contributed by atoms with Gasteiger partial charge in [-0.1, -0.05) is 11.3 Å². The van der Waals surface area contributed by atoms with Crippen molar-refractivity contribution in [1.82, 2.24) is 30.1 Å². The van der Waals surface area contributed by atoms with Crippen molar-refractivity contribution < 1.29 is 0 Å². The normalized spacial score (nSPS) is 11.2. The van der Waals surface area contributed by atoms with Gasteiger partial charge in [0.2, 0.25) is 4.96 Å². The van der Waals surface area contributed by atoms with Crippen LogP contribution in [0.2, 0.25) is 0 Å². The smallest absolute Gasteiger partial charge is 0.234 e. The predicted octanol–water partition coefficient (Wildman–Crippen LogP) is 1.01. The topological polar surface area (TPSA) is 68.0 Å². The number of hydrogen-bond donors (Lipinski definition) is 1. The Kier molecular flexibility index (Phi) is 2.99. The van der Waals surface area contributed by atoms with E-state index in [1.165, 1.54) is 0 Å². The average molecular weight is 260 g/mol. The molecular formula is C11H12N6S. The van der Waals surface area contributed by atoms with Crippen LogP contribution in [0.1, 0.15) is 5.01 Å². The second-order valence-corrected chi connectivity index (χ2v) is 4.85. The van der Waals surface area contributed by atoms with Crippen molar-refractivity contribution in [2.75, 3.05) is 13.6 Å². The van der Waals surface area contributed by atoms with Gasteiger partial charge in [-0.3, -0.25) is 4.98 Å². The number of likely N-dealkylation sites (N-methyl/N-ethyl adjacent to an activating group) is 1. The van der Waals surface area contributed by atoms with Gasteiger partial charge in [0.25, 0.3) is 0 Å². The number of aromatic nitrogens is 5. The van der Waals surface area contributed by atoms with Gasteiger partial charge < -0.3 is 5.32 Å². The maximum Gasteiger partial charge on any atom is 0.234 e. The third kappa shape index (κ3) is 1.98. The largest absolute Gasteiger partial charge is 0.319 e. The van der Waals surface area contributed by atoms with E-state index in [2.05, 4.69) is 25.6 Å². The fourth-order valence-corrected chi connectivity index (χ4v) is 2.50. The molecule has 92 valence electrons. The first-order valence-electron chi connectivity index (χ1n) is 5.64. The Balaban J connectivity index is 2.01. The summed E-state index contributed by atoms with van der Waals surface area (Å²) in [5.74, 6) is 0.741. The van der Waals surface area contributed by atoms with E-state index in [-0.39, 0.29) is 0 Å². The molecule has 0 spiro atoms. The molecule has 7 heteroatoms. The first-order valence-corrected chi connectivity index (χ1v) is 6.46. The van der Waals surface area contributed by atoms with Gasteiger partial charge >= 0.3 is 0 Å². The van der Waals surface area contributed by atoms with Gasteiger partial charge in [-0.2, -0.15) is 9.61 Å². The van der Waals surface area contributed by atoms with E-state index in [9.17, 15) is 0 Å². The van der Waals surface area contributed by atoms with Crippen molar-refractivity contribution in [1.29, 1.82) is 0 Å². The SMILES string of the molecule is CNCCc1nn2c(-c3cccnc3)nnc2s1. The Bertz CT molecular complexity index is 644. The van der Waals surface area contributed by atoms with Crippen molar-refractivity contribution in [2.45, 2.75) is 6.42 Å². The molecule has 0 amide bonds. The molecule has 3 rings (SSSR count). The lowest BCUT2D eigenvalue weighted by molar-refractivity contribution is 0.771. The molecule has 0 saturated heterocycles. The second kappa shape index (κ2) is 4.79. The maximum atomic E-state index is 4.53. The monoisotopic (exact) mass is 260 g/mol. The molecule has 0 fully saturated rings. The number of fused-ring (bicyclic) bond motifs is 1. The minimum Gasteiger partial charge on any atom is -0.319 e. The molecular weight excluding hydrogens is 248 g/mol. The second-order valence-electron chi connectivity index (χ2n) is 3.81. The van der Waals surface area contributed by atoms with Gasteiger partial charge in [0.15, 0.2) is 5.82 Å². The van der Waals surface area contributed by atoms with Gasteiger partial charge in [0, 0.05) is 30.9 Å². The Morgan fingerprint density at radius 2 is 2.33 bits per heavy atom. The van der Waals surface area contributed by atoms with Gasteiger partial charge in [0.1, 0.15) is 5.01 Å². The summed E-state index contributed by atoms with van der Waals surface area (Å²) in [6.07, 6.45) is 4.40. The summed E-state index contributed by atoms with van der Waals surface area (Å²) in [6.45, 7) is 0.909. The summed E-state index contributed by atoms with van der Waals surface area (Å²) < 4.78 is 1.78. The molecule has 3 heterocycles. The summed E-state index contributed by atoms with van der Waals surface area (Å²) in [4.78, 5) is 4.91. The molecule has 0 bridgehead atoms. The molecule has 3 aromatic heterocycles. The Hall–Kier alpha value is -1.86. The molecule has 3 aromatic rings. The number of hydrogen-bond acceptors (Lipinski definition) is 6. The van der Waals surface area contributed by atoms with Gasteiger partial charge in [0.05, 0.1) is 0 Å². The fraction of sp³-hybridized carbons (Fsp3) is 0.273. The van der Waals surface area contributed by atoms with Crippen LogP contribution in [0, 0.1) is 0 Å². The zero-order valence-electron chi connectivity index (χ0n) is 9.87. The molecule has 0 radical (unpaired) electrons. The molecule has 0 saturated carbocycles. The third-order valence-electron chi connectivity index (χ3n) is 2.54. The van der Waals surface area contributed by atoms with Crippen LogP contribution in [0.4, 0.5) is 0 Å². The van der Waals surface area contributed by atoms with Crippen molar-refractivity contribution >= 4 is 16.3 Å². The molecule has 1 N–H and O–H groups in total. The molecule has 0 unspecified atom stereocenters. The lowest BCUT2D eigenvalue weighted by atomic mass is 10.3. The summed E-state index contributed by atoms with van der Waals surface area (Å²) in [6, 6.07) is 3.83. The molecule has 6 nitrogen and oxygen atoms in total. The molecule has 0 aliphatic heterocycles. The number of rotatable bonds is 4. The lowest BCUT2D eigenvalue weighted by Crippen LogP contribution is -2.10. The lowest BCUT2D eigenvalue weighted by Gasteiger charge is -1.95. The van der Waals surface area contributed by atoms with Crippen molar-refractivity contribution in [2.24, 2.45) is 0 Å². The fourth-order valence-electron chi connectivity index (χ4n) is 1.66. The summed E-state index contributed by atoms with van der Waals surface area (Å²) >= 11 is 1.57. The van der Waals surface area contributed by atoms with E-state index in [4.69, 9.17) is 0 Å². The Morgan fingerprint density at radius 1 is 1.39 bits per heavy atom. The van der Waals surface area contributed by atoms with Crippen LogP contribution in [0.5, 0.6) is 0 Å². The Morgan fingerprint density at radius 3 is 3.11 bits per heavy atom. The van der Waals surface area contributed by atoms with E-state index in [1.54, 1.807) is 28.2 Å². The zero-order chi connectivity index (χ0) is 12.4. The maximum absolute atomic E-state index is 4.53. The van der Waals surface area contributed by atoms with E-state index >= 15 is 0 Å². The van der Waals surface area contributed by atoms with Crippen LogP contribution in [0.25, 0.3) is 16.3 Å². The molecule has 0 aliphatic rings. The van der Waals surface area contributed by atoms with Crippen molar-refractivity contribution in [3.63, 3.8) is 0 Å². The number of pyridine rings is 1. The van der Waals surface area contributed by atoms with Crippen molar-refractivity contribution in [3.8, 4) is 11.4 Å². The zero-order valence-corrected chi connectivity index (χ0v) is 10.7. The number of nitrogens with zero attached hydrogens (tertiary/aromatic N) is 5. The molecule has 0 atom stereocenters. The van der Waals surface area contributed by atoms with Crippen LogP contribution in [-0.4, -0.2) is 38.4 Å². The van der Waals surface area contributed by atoms with Gasteiger partial charge in [-0.15, -0.1) is 10.2 Å². The summed E-state index contributed by atoms with van der Waals surface area (Å²) in [5, 5.41) is 17.0. The number of nitrogens with one attached hydrogen (secondary N) is 1. The quantitative estimate of drug-likeness (QED) is 0.758. The molecule has 0 aliphatic carbocycles. The highest BCUT2D eigenvalue weighted by Crippen LogP contribution is 2.20. The van der Waals surface area contributed by atoms with Gasteiger partial charge in [-0.05, 0) is 19.2 Å². The van der Waals surface area contributed by atoms with E-state index in [0.29, 0.717) is 0 Å². The summed E-state index contributed by atoms with van der Waals surface area (Å²) in [5.41, 5.74) is 0.926. The van der Waals surface area contributed by atoms with E-state index < -0.39 is 0 Å². The first-order chi connectivity index (χ1) is 8.88. The van der Waals surface area contributed by atoms with Crippen LogP contribution in [0.15, 0.2) is 24.5 Å². The Labute approximate surface area is 108 Å². The highest BCUT2D eigenvalue weighted by atomic mass is 32.1. The summed E-state index contributed by atoms with van der Waals surface area (Å²) in [7, 11) is 1.93. The van der Waals surface area contributed by atoms with Crippen LogP contribution in [0.3, 0.4) is 0 Å². The van der Waals surface area contributed by atoms with E-state index in [0.717, 1.165) is 34.3 Å². The minimum atomic E-state index is 0.741. The first kappa shape index (κ1) is 11.2. The molecule has 0 aromatic carbocycles.